The van der Waals surface area contributed by atoms with Crippen LogP contribution in [0.25, 0.3) is 21.9 Å². The van der Waals surface area contributed by atoms with E-state index in [1.54, 1.807) is 38.2 Å². The summed E-state index contributed by atoms with van der Waals surface area (Å²) in [7, 11) is 0. The zero-order valence-electron chi connectivity index (χ0n) is 18.8. The largest absolute Gasteiger partial charge is 0.548 e. The summed E-state index contributed by atoms with van der Waals surface area (Å²) in [6.45, 7) is 4.99. The van der Waals surface area contributed by atoms with Crippen molar-refractivity contribution in [3.8, 4) is 11.5 Å². The van der Waals surface area contributed by atoms with Gasteiger partial charge in [0, 0.05) is 40.5 Å². The number of aromatic amines is 1. The molecule has 2 heterocycles. The van der Waals surface area contributed by atoms with Crippen molar-refractivity contribution in [2.24, 2.45) is 0 Å². The van der Waals surface area contributed by atoms with Crippen LogP contribution >= 0.6 is 0 Å². The molecule has 176 valence electrons. The number of benzene rings is 2. The summed E-state index contributed by atoms with van der Waals surface area (Å²) >= 11 is 0. The molecule has 9 nitrogen and oxygen atoms in total. The highest BCUT2D eigenvalue weighted by Crippen LogP contribution is 2.29. The Kier molecular flexibility index (Phi) is 6.02. The van der Waals surface area contributed by atoms with Crippen molar-refractivity contribution >= 4 is 33.7 Å². The lowest BCUT2D eigenvalue weighted by molar-refractivity contribution is -0.308. The number of aromatic hydroxyl groups is 1. The van der Waals surface area contributed by atoms with Gasteiger partial charge in [0.05, 0.1) is 12.0 Å². The highest BCUT2D eigenvalue weighted by atomic mass is 16.5. The number of hydrogen-bond donors (Lipinski definition) is 3. The number of carboxylic acids is 1. The van der Waals surface area contributed by atoms with Crippen molar-refractivity contribution in [3.63, 3.8) is 0 Å². The van der Waals surface area contributed by atoms with Crippen molar-refractivity contribution in [1.82, 2.24) is 10.3 Å². The molecule has 0 bridgehead atoms. The second-order valence-corrected chi connectivity index (χ2v) is 8.20. The summed E-state index contributed by atoms with van der Waals surface area (Å²) in [5.41, 5.74) is 2.51. The maximum absolute atomic E-state index is 12.7. The molecule has 0 saturated carbocycles. The molecule has 1 amide bonds. The Morgan fingerprint density at radius 2 is 1.94 bits per heavy atom. The van der Waals surface area contributed by atoms with Gasteiger partial charge < -0.3 is 34.5 Å². The minimum absolute atomic E-state index is 0.0428. The number of carbonyl (C=O) groups is 2. The number of ether oxygens (including phenoxy) is 1. The first-order valence-corrected chi connectivity index (χ1v) is 10.6. The third-order valence-electron chi connectivity index (χ3n) is 5.77. The molecule has 2 atom stereocenters. The van der Waals surface area contributed by atoms with E-state index in [1.165, 1.54) is 25.1 Å². The zero-order chi connectivity index (χ0) is 24.6. The van der Waals surface area contributed by atoms with Crippen molar-refractivity contribution in [2.75, 3.05) is 0 Å². The standard InChI is InChI=1S/C25H24N2O7/c1-12-8-22(29)34-23-13(2)21(7-5-17(12)23)33-14(3)24(30)27-20(25(31)32)9-15-11-26-19-6-4-16(28)10-18(15)19/h4-8,10-11,14,20,26,28H,9H2,1-3H3,(H,27,30)(H,31,32)/p-1/t14-,20-/m0/s1. The first-order valence-electron chi connectivity index (χ1n) is 10.6. The van der Waals surface area contributed by atoms with Gasteiger partial charge in [-0.05, 0) is 62.2 Å². The van der Waals surface area contributed by atoms with Crippen LogP contribution in [0.3, 0.4) is 0 Å². The first-order chi connectivity index (χ1) is 16.1. The molecule has 3 N–H and O–H groups in total. The molecule has 2 aromatic carbocycles. The molecule has 0 saturated heterocycles. The number of aromatic nitrogens is 1. The van der Waals surface area contributed by atoms with E-state index in [0.717, 1.165) is 16.5 Å². The molecule has 34 heavy (non-hydrogen) atoms. The molecule has 0 fully saturated rings. The predicted molar refractivity (Wildman–Crippen MR) is 123 cm³/mol. The number of nitrogens with one attached hydrogen (secondary N) is 2. The Balaban J connectivity index is 1.51. The minimum atomic E-state index is -1.45. The number of aryl methyl sites for hydroxylation is 2. The number of rotatable bonds is 7. The maximum Gasteiger partial charge on any atom is 0.336 e. The molecule has 4 rings (SSSR count). The number of phenols is 1. The van der Waals surface area contributed by atoms with Gasteiger partial charge in [-0.15, -0.1) is 0 Å². The van der Waals surface area contributed by atoms with Crippen molar-refractivity contribution in [2.45, 2.75) is 39.3 Å². The summed E-state index contributed by atoms with van der Waals surface area (Å²) in [6.07, 6.45) is 0.533. The smallest absolute Gasteiger partial charge is 0.336 e. The van der Waals surface area contributed by atoms with Gasteiger partial charge in [-0.25, -0.2) is 4.79 Å². The molecule has 4 aromatic rings. The average molecular weight is 463 g/mol. The van der Waals surface area contributed by atoms with Crippen LogP contribution in [0.15, 0.2) is 51.8 Å². The van der Waals surface area contributed by atoms with Crippen LogP contribution in [-0.2, 0) is 16.0 Å². The number of aliphatic carboxylic acids is 1. The molecule has 0 spiro atoms. The predicted octanol–water partition coefficient (Wildman–Crippen LogP) is 1.84. The van der Waals surface area contributed by atoms with Crippen LogP contribution in [0.2, 0.25) is 0 Å². The van der Waals surface area contributed by atoms with E-state index in [2.05, 4.69) is 10.3 Å². The normalized spacial score (nSPS) is 13.0. The second-order valence-electron chi connectivity index (χ2n) is 8.20. The molecular weight excluding hydrogens is 440 g/mol. The van der Waals surface area contributed by atoms with Crippen LogP contribution in [-0.4, -0.2) is 34.1 Å². The lowest BCUT2D eigenvalue weighted by atomic mass is 10.0. The Labute approximate surface area is 194 Å². The van der Waals surface area contributed by atoms with Gasteiger partial charge in [0.25, 0.3) is 5.91 Å². The second kappa shape index (κ2) is 8.93. The fraction of sp³-hybridized carbons (Fsp3) is 0.240. The number of carboxylic acid groups (broad SMARTS) is 1. The molecule has 0 aliphatic carbocycles. The minimum Gasteiger partial charge on any atom is -0.548 e. The van der Waals surface area contributed by atoms with E-state index >= 15 is 0 Å². The van der Waals surface area contributed by atoms with Crippen LogP contribution in [0, 0.1) is 13.8 Å². The molecule has 0 radical (unpaired) electrons. The van der Waals surface area contributed by atoms with Gasteiger partial charge >= 0.3 is 5.63 Å². The van der Waals surface area contributed by atoms with E-state index in [1.807, 2.05) is 0 Å². The van der Waals surface area contributed by atoms with Gasteiger partial charge in [0.2, 0.25) is 0 Å². The summed E-state index contributed by atoms with van der Waals surface area (Å²) in [5.74, 6) is -1.72. The van der Waals surface area contributed by atoms with E-state index in [-0.39, 0.29) is 12.2 Å². The maximum atomic E-state index is 12.7. The first kappa shape index (κ1) is 22.9. The summed E-state index contributed by atoms with van der Waals surface area (Å²) in [6, 6.07) is 8.18. The van der Waals surface area contributed by atoms with Gasteiger partial charge in [-0.3, -0.25) is 4.79 Å². The third-order valence-corrected chi connectivity index (χ3v) is 5.77. The van der Waals surface area contributed by atoms with E-state index in [0.29, 0.717) is 27.8 Å². The van der Waals surface area contributed by atoms with Gasteiger partial charge in [0.15, 0.2) is 6.10 Å². The number of hydrogen-bond acceptors (Lipinski definition) is 7. The van der Waals surface area contributed by atoms with Gasteiger partial charge in [0.1, 0.15) is 17.1 Å². The lowest BCUT2D eigenvalue weighted by Gasteiger charge is -2.23. The molecule has 0 aliphatic rings. The van der Waals surface area contributed by atoms with E-state index < -0.39 is 29.6 Å². The van der Waals surface area contributed by atoms with E-state index in [4.69, 9.17) is 9.15 Å². The highest BCUT2D eigenvalue weighted by molar-refractivity contribution is 5.89. The van der Waals surface area contributed by atoms with Crippen LogP contribution in [0.4, 0.5) is 0 Å². The number of amides is 1. The Hall–Kier alpha value is -4.27. The SMILES string of the molecule is Cc1cc(=O)oc2c(C)c(O[C@@H](C)C(=O)N[C@@H](Cc3c[nH]c4ccc(O)cc34)C(=O)[O-])ccc12. The molecular formula is C25H23N2O7-. The van der Waals surface area contributed by atoms with Crippen molar-refractivity contribution in [1.29, 1.82) is 0 Å². The highest BCUT2D eigenvalue weighted by Gasteiger charge is 2.22. The van der Waals surface area contributed by atoms with Crippen LogP contribution < -0.4 is 20.8 Å². The monoisotopic (exact) mass is 463 g/mol. The topological polar surface area (TPSA) is 145 Å². The Morgan fingerprint density at radius 3 is 2.68 bits per heavy atom. The molecule has 9 heteroatoms. The lowest BCUT2D eigenvalue weighted by Crippen LogP contribution is -2.52. The molecule has 2 aromatic heterocycles. The van der Waals surface area contributed by atoms with Crippen molar-refractivity contribution < 1.29 is 29.0 Å². The third kappa shape index (κ3) is 4.45. The molecule has 0 unspecified atom stereocenters. The van der Waals surface area contributed by atoms with Crippen LogP contribution in [0.1, 0.15) is 23.6 Å². The number of carbonyl (C=O) groups excluding carboxylic acids is 2. The average Bonchev–Trinajstić information content (AvgIpc) is 3.17. The van der Waals surface area contributed by atoms with Crippen LogP contribution in [0.5, 0.6) is 11.5 Å². The number of H-pyrrole nitrogens is 1. The summed E-state index contributed by atoms with van der Waals surface area (Å²) in [4.78, 5) is 39.3. The van der Waals surface area contributed by atoms with Crippen molar-refractivity contribution in [3.05, 3.63) is 69.7 Å². The number of fused-ring (bicyclic) bond motifs is 2. The fourth-order valence-corrected chi connectivity index (χ4v) is 3.91. The fourth-order valence-electron chi connectivity index (χ4n) is 3.91. The van der Waals surface area contributed by atoms with E-state index in [9.17, 15) is 24.6 Å². The quantitative estimate of drug-likeness (QED) is 0.355. The Morgan fingerprint density at radius 1 is 1.18 bits per heavy atom. The molecule has 0 aliphatic heterocycles. The Bertz CT molecular complexity index is 1470. The summed E-state index contributed by atoms with van der Waals surface area (Å²) in [5, 5.41) is 25.3. The zero-order valence-corrected chi connectivity index (χ0v) is 18.8. The van der Waals surface area contributed by atoms with Gasteiger partial charge in [-0.2, -0.15) is 0 Å². The number of phenolic OH excluding ortho intramolecular Hbond substituents is 1. The summed E-state index contributed by atoms with van der Waals surface area (Å²) < 4.78 is 11.1. The van der Waals surface area contributed by atoms with Gasteiger partial charge in [-0.1, -0.05) is 0 Å².